The molecule has 1 saturated heterocycles. The number of fused-ring (bicyclic) bond motifs is 1. The second kappa shape index (κ2) is 9.63. The van der Waals surface area contributed by atoms with Gasteiger partial charge in [-0.1, -0.05) is 35.9 Å². The molecule has 0 aliphatic carbocycles. The number of urea groups is 1. The van der Waals surface area contributed by atoms with Gasteiger partial charge in [0.05, 0.1) is 5.69 Å². The molecule has 1 aromatic heterocycles. The average Bonchev–Trinajstić information content (AvgIpc) is 3.29. The third-order valence-corrected chi connectivity index (χ3v) is 5.99. The summed E-state index contributed by atoms with van der Waals surface area (Å²) in [5.41, 5.74) is 4.96. The van der Waals surface area contributed by atoms with Crippen molar-refractivity contribution in [2.24, 2.45) is 0 Å². The molecule has 2 heterocycles. The topological polar surface area (TPSA) is 109 Å². The van der Waals surface area contributed by atoms with Gasteiger partial charge in [-0.05, 0) is 66.6 Å². The molecule has 5 rings (SSSR count). The van der Waals surface area contributed by atoms with Crippen molar-refractivity contribution in [3.63, 3.8) is 0 Å². The molecule has 36 heavy (non-hydrogen) atoms. The number of anilines is 1. The van der Waals surface area contributed by atoms with E-state index in [-0.39, 0.29) is 5.57 Å². The van der Waals surface area contributed by atoms with E-state index in [0.29, 0.717) is 17.1 Å². The van der Waals surface area contributed by atoms with Crippen LogP contribution in [-0.4, -0.2) is 39.4 Å². The standard InChI is InChI=1S/C26H21ClN6O3/c1-2-32(19-9-6-16(7-10-19)13-21-24(34)28-26(36)29-25(21)35)15-17-4-3-5-20(12-17)33-30-22-11-8-18(27)14-23(22)31-33/h3-14H,2,15H2,1H3,(H2,28,29,34,35,36). The van der Waals surface area contributed by atoms with Crippen LogP contribution in [0.3, 0.4) is 0 Å². The van der Waals surface area contributed by atoms with Crippen molar-refractivity contribution in [1.29, 1.82) is 0 Å². The van der Waals surface area contributed by atoms with Gasteiger partial charge in [0.2, 0.25) is 0 Å². The molecule has 0 spiro atoms. The number of rotatable bonds is 6. The average molecular weight is 501 g/mol. The molecule has 4 amide bonds. The van der Waals surface area contributed by atoms with Crippen LogP contribution in [0.2, 0.25) is 5.02 Å². The minimum atomic E-state index is -0.818. The summed E-state index contributed by atoms with van der Waals surface area (Å²) >= 11 is 6.07. The number of imide groups is 2. The van der Waals surface area contributed by atoms with Crippen LogP contribution in [0.25, 0.3) is 22.8 Å². The molecule has 1 fully saturated rings. The van der Waals surface area contributed by atoms with Gasteiger partial charge in [0.1, 0.15) is 16.6 Å². The Labute approximate surface area is 211 Å². The Hall–Kier alpha value is -4.50. The summed E-state index contributed by atoms with van der Waals surface area (Å²) in [5.74, 6) is -1.43. The van der Waals surface area contributed by atoms with Gasteiger partial charge in [0.25, 0.3) is 11.8 Å². The van der Waals surface area contributed by atoms with E-state index in [4.69, 9.17) is 11.6 Å². The van der Waals surface area contributed by atoms with Gasteiger partial charge in [-0.3, -0.25) is 20.2 Å². The lowest BCUT2D eigenvalue weighted by Gasteiger charge is -2.23. The Morgan fingerprint density at radius 2 is 1.64 bits per heavy atom. The second-order valence-electron chi connectivity index (χ2n) is 8.19. The van der Waals surface area contributed by atoms with E-state index in [1.165, 1.54) is 6.08 Å². The van der Waals surface area contributed by atoms with E-state index >= 15 is 0 Å². The first-order valence-corrected chi connectivity index (χ1v) is 11.6. The summed E-state index contributed by atoms with van der Waals surface area (Å²) in [6, 6.07) is 20.1. The molecule has 0 saturated carbocycles. The first-order chi connectivity index (χ1) is 17.4. The minimum absolute atomic E-state index is 0.117. The molecule has 0 atom stereocenters. The van der Waals surface area contributed by atoms with Gasteiger partial charge in [0.15, 0.2) is 0 Å². The molecule has 0 radical (unpaired) electrons. The summed E-state index contributed by atoms with van der Waals surface area (Å²) in [7, 11) is 0. The van der Waals surface area contributed by atoms with Crippen molar-refractivity contribution in [2.75, 3.05) is 11.4 Å². The fourth-order valence-corrected chi connectivity index (χ4v) is 4.11. The fraction of sp³-hybridized carbons (Fsp3) is 0.115. The molecule has 1 aliphatic heterocycles. The maximum atomic E-state index is 12.0. The highest BCUT2D eigenvalue weighted by Crippen LogP contribution is 2.22. The number of nitrogens with one attached hydrogen (secondary N) is 2. The highest BCUT2D eigenvalue weighted by molar-refractivity contribution is 6.31. The zero-order valence-corrected chi connectivity index (χ0v) is 20.0. The van der Waals surface area contributed by atoms with Crippen molar-refractivity contribution < 1.29 is 14.4 Å². The lowest BCUT2D eigenvalue weighted by Crippen LogP contribution is -2.51. The molecular formula is C26H21ClN6O3. The Balaban J connectivity index is 1.34. The summed E-state index contributed by atoms with van der Waals surface area (Å²) < 4.78 is 0. The predicted molar refractivity (Wildman–Crippen MR) is 137 cm³/mol. The third-order valence-electron chi connectivity index (χ3n) is 5.75. The minimum Gasteiger partial charge on any atom is -0.367 e. The number of barbiturate groups is 1. The lowest BCUT2D eigenvalue weighted by atomic mass is 10.1. The first-order valence-electron chi connectivity index (χ1n) is 11.2. The lowest BCUT2D eigenvalue weighted by molar-refractivity contribution is -0.123. The maximum absolute atomic E-state index is 12.0. The zero-order chi connectivity index (χ0) is 25.2. The summed E-state index contributed by atoms with van der Waals surface area (Å²) in [4.78, 5) is 38.9. The van der Waals surface area contributed by atoms with Crippen molar-refractivity contribution >= 4 is 52.2 Å². The van der Waals surface area contributed by atoms with Crippen LogP contribution in [0.5, 0.6) is 0 Å². The number of amides is 4. The van der Waals surface area contributed by atoms with E-state index in [1.807, 2.05) is 54.6 Å². The van der Waals surface area contributed by atoms with Gasteiger partial charge >= 0.3 is 6.03 Å². The Bertz CT molecular complexity index is 1500. The molecule has 0 bridgehead atoms. The summed E-state index contributed by atoms with van der Waals surface area (Å²) in [6.45, 7) is 3.49. The number of nitrogens with zero attached hydrogens (tertiary/aromatic N) is 4. The van der Waals surface area contributed by atoms with Gasteiger partial charge in [0, 0.05) is 23.8 Å². The number of hydrogen-bond donors (Lipinski definition) is 2. The van der Waals surface area contributed by atoms with E-state index in [0.717, 1.165) is 34.5 Å². The number of benzene rings is 3. The summed E-state index contributed by atoms with van der Waals surface area (Å²) in [5, 5.41) is 13.8. The van der Waals surface area contributed by atoms with E-state index in [9.17, 15) is 14.4 Å². The van der Waals surface area contributed by atoms with E-state index < -0.39 is 17.8 Å². The number of hydrogen-bond acceptors (Lipinski definition) is 6. The van der Waals surface area contributed by atoms with Gasteiger partial charge in [-0.15, -0.1) is 10.2 Å². The normalized spacial score (nSPS) is 13.5. The molecule has 180 valence electrons. The van der Waals surface area contributed by atoms with Gasteiger partial charge in [-0.25, -0.2) is 4.79 Å². The molecule has 4 aromatic rings. The Morgan fingerprint density at radius 3 is 2.36 bits per heavy atom. The van der Waals surface area contributed by atoms with E-state index in [1.54, 1.807) is 16.9 Å². The van der Waals surface area contributed by atoms with Crippen LogP contribution in [0, 0.1) is 0 Å². The molecule has 9 nitrogen and oxygen atoms in total. The van der Waals surface area contributed by atoms with Crippen molar-refractivity contribution in [2.45, 2.75) is 13.5 Å². The molecule has 10 heteroatoms. The quantitative estimate of drug-likeness (QED) is 0.307. The van der Waals surface area contributed by atoms with Gasteiger partial charge in [-0.2, -0.15) is 4.80 Å². The van der Waals surface area contributed by atoms with Crippen LogP contribution in [0.15, 0.2) is 72.3 Å². The zero-order valence-electron chi connectivity index (χ0n) is 19.2. The van der Waals surface area contributed by atoms with Gasteiger partial charge < -0.3 is 4.90 Å². The van der Waals surface area contributed by atoms with Crippen LogP contribution in [0.4, 0.5) is 10.5 Å². The smallest absolute Gasteiger partial charge is 0.328 e. The molecule has 1 aliphatic rings. The maximum Gasteiger partial charge on any atom is 0.328 e. The Morgan fingerprint density at radius 1 is 0.917 bits per heavy atom. The monoisotopic (exact) mass is 500 g/mol. The van der Waals surface area contributed by atoms with Crippen molar-refractivity contribution in [1.82, 2.24) is 25.6 Å². The summed E-state index contributed by atoms with van der Waals surface area (Å²) in [6.07, 6.45) is 1.45. The number of carbonyl (C=O) groups is 3. The number of halogens is 1. The fourth-order valence-electron chi connectivity index (χ4n) is 3.94. The van der Waals surface area contributed by atoms with Crippen LogP contribution < -0.4 is 15.5 Å². The third kappa shape index (κ3) is 4.82. The first kappa shape index (κ1) is 23.3. The van der Waals surface area contributed by atoms with Crippen molar-refractivity contribution in [3.8, 4) is 5.69 Å². The Kier molecular flexibility index (Phi) is 6.22. The largest absolute Gasteiger partial charge is 0.367 e. The van der Waals surface area contributed by atoms with Crippen LogP contribution >= 0.6 is 11.6 Å². The molecule has 0 unspecified atom stereocenters. The SMILES string of the molecule is CCN(Cc1cccc(-n2nc3ccc(Cl)cc3n2)c1)c1ccc(C=C2C(=O)NC(=O)NC2=O)cc1. The van der Waals surface area contributed by atoms with Crippen molar-refractivity contribution in [3.05, 3.63) is 88.5 Å². The molecule has 3 aromatic carbocycles. The van der Waals surface area contributed by atoms with E-state index in [2.05, 4.69) is 32.7 Å². The van der Waals surface area contributed by atoms with Crippen LogP contribution in [-0.2, 0) is 16.1 Å². The molecular weight excluding hydrogens is 480 g/mol. The number of aromatic nitrogens is 3. The highest BCUT2D eigenvalue weighted by atomic mass is 35.5. The predicted octanol–water partition coefficient (Wildman–Crippen LogP) is 3.85. The second-order valence-corrected chi connectivity index (χ2v) is 8.63. The van der Waals surface area contributed by atoms with Crippen LogP contribution in [0.1, 0.15) is 18.1 Å². The molecule has 2 N–H and O–H groups in total. The number of carbonyl (C=O) groups excluding carboxylic acids is 3. The highest BCUT2D eigenvalue weighted by Gasteiger charge is 2.27.